The number of amides is 1. The quantitative estimate of drug-likeness (QED) is 0.0320. The van der Waals surface area contributed by atoms with Crippen LogP contribution in [0.3, 0.4) is 0 Å². The molecule has 3 N–H and O–H groups in total. The van der Waals surface area contributed by atoms with Crippen LogP contribution in [0.1, 0.15) is 425 Å². The minimum atomic E-state index is -0.844. The Morgan fingerprint density at radius 1 is 0.326 bits per heavy atom. The highest BCUT2D eigenvalue weighted by atomic mass is 16.5. The highest BCUT2D eigenvalue weighted by Gasteiger charge is 2.18. The van der Waals surface area contributed by atoms with Crippen LogP contribution in [0.25, 0.3) is 0 Å². The molecule has 0 aromatic heterocycles. The summed E-state index contributed by atoms with van der Waals surface area (Å²) in [6.07, 6.45) is 99.5. The van der Waals surface area contributed by atoms with E-state index in [1.54, 1.807) is 6.08 Å². The zero-order valence-corrected chi connectivity index (χ0v) is 58.1. The van der Waals surface area contributed by atoms with E-state index in [1.807, 2.05) is 6.08 Å². The molecule has 0 saturated carbocycles. The number of allylic oxidation sites excluding steroid dienone is 7. The molecule has 0 aromatic rings. The topological polar surface area (TPSA) is 95.9 Å². The van der Waals surface area contributed by atoms with Crippen molar-refractivity contribution in [2.24, 2.45) is 0 Å². The Hall–Kier alpha value is -2.18. The molecule has 6 heteroatoms. The van der Waals surface area contributed by atoms with Crippen LogP contribution >= 0.6 is 0 Å². The first-order valence-corrected chi connectivity index (χ1v) is 38.9. The molecule has 2 unspecified atom stereocenters. The van der Waals surface area contributed by atoms with Gasteiger partial charge < -0.3 is 20.3 Å². The molecule has 0 aromatic carbocycles. The van der Waals surface area contributed by atoms with E-state index in [-0.39, 0.29) is 18.5 Å². The average Bonchev–Trinajstić information content (AvgIpc) is 3.53. The average molecular weight is 1210 g/mol. The number of nitrogens with one attached hydrogen (secondary N) is 1. The van der Waals surface area contributed by atoms with Gasteiger partial charge in [0.25, 0.3) is 0 Å². The number of aliphatic hydroxyl groups excluding tert-OH is 2. The Labute approximate surface area is 537 Å². The van der Waals surface area contributed by atoms with Crippen molar-refractivity contribution in [1.29, 1.82) is 0 Å². The monoisotopic (exact) mass is 1210 g/mol. The van der Waals surface area contributed by atoms with E-state index in [0.717, 1.165) is 51.4 Å². The van der Waals surface area contributed by atoms with E-state index < -0.39 is 12.1 Å². The van der Waals surface area contributed by atoms with Gasteiger partial charge in [-0.2, -0.15) is 0 Å². The van der Waals surface area contributed by atoms with E-state index in [1.165, 1.54) is 347 Å². The summed E-state index contributed by atoms with van der Waals surface area (Å²) in [6, 6.07) is -0.627. The largest absolute Gasteiger partial charge is 0.466 e. The number of carbonyl (C=O) groups excluding carboxylic acids is 2. The first-order chi connectivity index (χ1) is 42.5. The van der Waals surface area contributed by atoms with Crippen LogP contribution in [0.15, 0.2) is 48.6 Å². The van der Waals surface area contributed by atoms with Crippen molar-refractivity contribution in [1.82, 2.24) is 5.32 Å². The molecule has 0 heterocycles. The second kappa shape index (κ2) is 75.3. The molecule has 2 atom stereocenters. The van der Waals surface area contributed by atoms with Gasteiger partial charge in [-0.05, 0) is 89.9 Å². The van der Waals surface area contributed by atoms with Gasteiger partial charge in [0, 0.05) is 12.8 Å². The van der Waals surface area contributed by atoms with Crippen LogP contribution in [-0.2, 0) is 14.3 Å². The third kappa shape index (κ3) is 70.9. The number of ether oxygens (including phenoxy) is 1. The van der Waals surface area contributed by atoms with Crippen molar-refractivity contribution in [2.75, 3.05) is 13.2 Å². The summed E-state index contributed by atoms with van der Waals surface area (Å²) in [5.74, 6) is -0.0528. The number of aliphatic hydroxyl groups is 2. The zero-order chi connectivity index (χ0) is 62.0. The summed E-state index contributed by atoms with van der Waals surface area (Å²) >= 11 is 0. The minimum Gasteiger partial charge on any atom is -0.466 e. The summed E-state index contributed by atoms with van der Waals surface area (Å²) in [5, 5.41) is 23.3. The molecular weight excluding hydrogens is 1050 g/mol. The second-order valence-corrected chi connectivity index (χ2v) is 26.7. The van der Waals surface area contributed by atoms with Crippen molar-refractivity contribution >= 4 is 11.9 Å². The molecule has 0 fully saturated rings. The lowest BCUT2D eigenvalue weighted by atomic mass is 10.0. The molecule has 0 radical (unpaired) electrons. The first kappa shape index (κ1) is 83.8. The molecule has 0 rings (SSSR count). The van der Waals surface area contributed by atoms with Gasteiger partial charge in [-0.15, -0.1) is 0 Å². The molecule has 1 amide bonds. The van der Waals surface area contributed by atoms with Gasteiger partial charge in [-0.1, -0.05) is 371 Å². The SMILES string of the molecule is CCCCC/C=C\CCCCCCCC(=O)OCCCCCCCCCCCCCCC/C=C\C/C=C\CCCCCCCCCCCCCCCCCCCC(=O)NC(CO)C(O)/C=C/CCCCCCCCCCCCCCCCCCCC. The number of hydrogen-bond acceptors (Lipinski definition) is 5. The fourth-order valence-corrected chi connectivity index (χ4v) is 12.1. The summed E-state index contributed by atoms with van der Waals surface area (Å²) in [5.41, 5.74) is 0. The van der Waals surface area contributed by atoms with Crippen molar-refractivity contribution in [3.05, 3.63) is 48.6 Å². The fourth-order valence-electron chi connectivity index (χ4n) is 12.1. The van der Waals surface area contributed by atoms with Crippen LogP contribution in [0.4, 0.5) is 0 Å². The summed E-state index contributed by atoms with van der Waals surface area (Å²) in [7, 11) is 0. The zero-order valence-electron chi connectivity index (χ0n) is 58.1. The van der Waals surface area contributed by atoms with Crippen LogP contribution in [-0.4, -0.2) is 47.4 Å². The fraction of sp³-hybridized carbons (Fsp3) is 0.875. The van der Waals surface area contributed by atoms with Crippen LogP contribution in [0.2, 0.25) is 0 Å². The van der Waals surface area contributed by atoms with Gasteiger partial charge in [0.15, 0.2) is 0 Å². The molecule has 6 nitrogen and oxygen atoms in total. The van der Waals surface area contributed by atoms with Crippen LogP contribution in [0, 0.1) is 0 Å². The second-order valence-electron chi connectivity index (χ2n) is 26.7. The molecular formula is C80H151NO5. The molecule has 0 aliphatic carbocycles. The van der Waals surface area contributed by atoms with E-state index in [4.69, 9.17) is 4.74 Å². The Kier molecular flexibility index (Phi) is 73.4. The molecule has 0 aliphatic rings. The van der Waals surface area contributed by atoms with Crippen molar-refractivity contribution in [2.45, 2.75) is 437 Å². The van der Waals surface area contributed by atoms with Crippen LogP contribution < -0.4 is 5.32 Å². The van der Waals surface area contributed by atoms with Crippen molar-refractivity contribution < 1.29 is 24.5 Å². The molecule has 0 spiro atoms. The minimum absolute atomic E-state index is 0.00866. The van der Waals surface area contributed by atoms with E-state index >= 15 is 0 Å². The number of rotatable bonds is 73. The third-order valence-electron chi connectivity index (χ3n) is 18.1. The maximum Gasteiger partial charge on any atom is 0.305 e. The highest BCUT2D eigenvalue weighted by molar-refractivity contribution is 5.76. The predicted molar refractivity (Wildman–Crippen MR) is 379 cm³/mol. The van der Waals surface area contributed by atoms with Crippen molar-refractivity contribution in [3.8, 4) is 0 Å². The molecule has 506 valence electrons. The first-order valence-electron chi connectivity index (χ1n) is 38.9. The van der Waals surface area contributed by atoms with Gasteiger partial charge in [-0.25, -0.2) is 0 Å². The maximum absolute atomic E-state index is 12.5. The molecule has 0 bridgehead atoms. The van der Waals surface area contributed by atoms with Gasteiger partial charge in [0.2, 0.25) is 5.91 Å². The standard InChI is InChI=1S/C80H151NO5/c1-3-5-7-9-11-13-15-17-18-19-20-40-43-46-49-52-56-60-64-68-72-78(83)77(76-82)81-79(84)73-69-65-61-57-53-50-47-44-41-38-36-34-32-30-28-26-24-22-21-23-25-27-29-31-33-35-37-39-42-45-48-51-55-59-63-67-71-75-86-80(85)74-70-66-62-58-54-16-14-12-10-8-6-4-2/h12,14,21,23,27,29,68,72,77-78,82-83H,3-11,13,15-20,22,24-26,28,30-67,69-71,73-76H2,1-2H3,(H,81,84)/b14-12-,23-21-,29-27-,72-68+. The lowest BCUT2D eigenvalue weighted by Crippen LogP contribution is -2.45. The van der Waals surface area contributed by atoms with Gasteiger partial charge in [0.05, 0.1) is 25.4 Å². The molecule has 0 saturated heterocycles. The summed E-state index contributed by atoms with van der Waals surface area (Å²) in [4.78, 5) is 24.6. The lowest BCUT2D eigenvalue weighted by molar-refractivity contribution is -0.143. The maximum atomic E-state index is 12.5. The van der Waals surface area contributed by atoms with Gasteiger partial charge in [-0.3, -0.25) is 9.59 Å². The lowest BCUT2D eigenvalue weighted by Gasteiger charge is -2.20. The molecule has 86 heavy (non-hydrogen) atoms. The smallest absolute Gasteiger partial charge is 0.305 e. The highest BCUT2D eigenvalue weighted by Crippen LogP contribution is 2.19. The van der Waals surface area contributed by atoms with Gasteiger partial charge >= 0.3 is 5.97 Å². The number of esters is 1. The molecule has 0 aliphatic heterocycles. The number of hydrogen-bond donors (Lipinski definition) is 3. The Bertz CT molecular complexity index is 1440. The predicted octanol–water partition coefficient (Wildman–Crippen LogP) is 25.6. The Balaban J connectivity index is 3.39. The van der Waals surface area contributed by atoms with Gasteiger partial charge in [0.1, 0.15) is 0 Å². The van der Waals surface area contributed by atoms with Crippen LogP contribution in [0.5, 0.6) is 0 Å². The van der Waals surface area contributed by atoms with E-state index in [2.05, 4.69) is 55.6 Å². The normalized spacial score (nSPS) is 12.7. The number of carbonyl (C=O) groups is 2. The summed E-state index contributed by atoms with van der Waals surface area (Å²) < 4.78 is 5.48. The Morgan fingerprint density at radius 3 is 0.919 bits per heavy atom. The number of unbranched alkanes of at least 4 members (excludes halogenated alkanes) is 56. The third-order valence-corrected chi connectivity index (χ3v) is 18.1. The van der Waals surface area contributed by atoms with E-state index in [9.17, 15) is 19.8 Å². The van der Waals surface area contributed by atoms with Crippen molar-refractivity contribution in [3.63, 3.8) is 0 Å². The van der Waals surface area contributed by atoms with E-state index in [0.29, 0.717) is 19.4 Å². The Morgan fingerprint density at radius 2 is 0.581 bits per heavy atom. The summed E-state index contributed by atoms with van der Waals surface area (Å²) in [6.45, 7) is 4.92.